The Labute approximate surface area is 120 Å². The Hall–Kier alpha value is -0.820. The van der Waals surface area contributed by atoms with Crippen molar-refractivity contribution in [3.63, 3.8) is 0 Å². The van der Waals surface area contributed by atoms with E-state index < -0.39 is 11.6 Å². The summed E-state index contributed by atoms with van der Waals surface area (Å²) < 4.78 is 11.1. The number of phenolic OH excluding ortho intramolecular Hbond substituents is 1. The highest BCUT2D eigenvalue weighted by molar-refractivity contribution is 14.1. The third kappa shape index (κ3) is 2.95. The molecule has 1 rings (SSSR count). The highest BCUT2D eigenvalue weighted by atomic mass is 127. The largest absolute Gasteiger partial charge is 0.508 e. The van der Waals surface area contributed by atoms with E-state index in [-0.39, 0.29) is 12.4 Å². The first-order valence-electron chi connectivity index (χ1n) is 5.78. The van der Waals surface area contributed by atoms with Crippen molar-refractivity contribution in [2.75, 3.05) is 17.6 Å². The van der Waals surface area contributed by atoms with Crippen LogP contribution in [0, 0.1) is 0 Å². The molecule has 0 aliphatic carbocycles. The highest BCUT2D eigenvalue weighted by Crippen LogP contribution is 2.35. The van der Waals surface area contributed by atoms with Gasteiger partial charge in [0.1, 0.15) is 5.75 Å². The fourth-order valence-corrected chi connectivity index (χ4v) is 2.66. The maximum absolute atomic E-state index is 12.2. The number of phenols is 1. The van der Waals surface area contributed by atoms with E-state index >= 15 is 0 Å². The van der Waals surface area contributed by atoms with Gasteiger partial charge in [0.2, 0.25) is 5.60 Å². The molecule has 0 bridgehead atoms. The summed E-state index contributed by atoms with van der Waals surface area (Å²) in [5, 5.41) is 9.93. The Bertz CT molecular complexity index is 408. The monoisotopic (exact) mass is 364 g/mol. The lowest BCUT2D eigenvalue weighted by molar-refractivity contribution is -0.170. The number of ether oxygens (including phenoxy) is 2. The fourth-order valence-electron chi connectivity index (χ4n) is 1.72. The second kappa shape index (κ2) is 6.94. The molecule has 0 aliphatic heterocycles. The number of hydrogen-bond donors (Lipinski definition) is 1. The average Bonchev–Trinajstić information content (AvgIpc) is 2.37. The Morgan fingerprint density at radius 3 is 2.50 bits per heavy atom. The summed E-state index contributed by atoms with van der Waals surface area (Å²) in [6, 6.07) is 6.68. The first kappa shape index (κ1) is 15.2. The van der Waals surface area contributed by atoms with Gasteiger partial charge in [0.15, 0.2) is 0 Å². The smallest absolute Gasteiger partial charge is 0.344 e. The van der Waals surface area contributed by atoms with Crippen molar-refractivity contribution in [2.45, 2.75) is 19.4 Å². The van der Waals surface area contributed by atoms with Gasteiger partial charge < -0.3 is 14.6 Å². The van der Waals surface area contributed by atoms with Crippen LogP contribution in [0.1, 0.15) is 19.4 Å². The SMILES string of the molecule is CCOC(=O)C(CI)(OCC)c1ccccc1O. The first-order chi connectivity index (χ1) is 8.62. The van der Waals surface area contributed by atoms with Crippen LogP contribution in [0.25, 0.3) is 0 Å². The zero-order valence-corrected chi connectivity index (χ0v) is 12.6. The molecule has 4 nitrogen and oxygen atoms in total. The van der Waals surface area contributed by atoms with Crippen LogP contribution in [0.15, 0.2) is 24.3 Å². The lowest BCUT2D eigenvalue weighted by atomic mass is 9.94. The number of alkyl halides is 1. The summed E-state index contributed by atoms with van der Waals surface area (Å²) in [4.78, 5) is 12.2. The summed E-state index contributed by atoms with van der Waals surface area (Å²) in [5.41, 5.74) is -0.795. The van der Waals surface area contributed by atoms with Crippen molar-refractivity contribution in [3.05, 3.63) is 29.8 Å². The molecular formula is C13H17IO4. The van der Waals surface area contributed by atoms with Gasteiger partial charge in [-0.15, -0.1) is 0 Å². The zero-order valence-electron chi connectivity index (χ0n) is 10.5. The van der Waals surface area contributed by atoms with Crippen LogP contribution in [0.2, 0.25) is 0 Å². The first-order valence-corrected chi connectivity index (χ1v) is 7.30. The second-order valence-electron chi connectivity index (χ2n) is 3.63. The molecule has 0 fully saturated rings. The van der Waals surface area contributed by atoms with E-state index in [0.29, 0.717) is 16.6 Å². The Balaban J connectivity index is 3.27. The molecule has 0 saturated heterocycles. The fraction of sp³-hybridized carbons (Fsp3) is 0.462. The van der Waals surface area contributed by atoms with Crippen molar-refractivity contribution in [1.29, 1.82) is 0 Å². The number of aromatic hydroxyl groups is 1. The number of para-hydroxylation sites is 1. The normalized spacial score (nSPS) is 13.9. The van der Waals surface area contributed by atoms with Gasteiger partial charge in [-0.25, -0.2) is 4.79 Å². The standard InChI is InChI=1S/C13H17IO4/c1-3-17-12(16)13(9-14,18-4-2)10-7-5-6-8-11(10)15/h5-8,15H,3-4,9H2,1-2H3. The van der Waals surface area contributed by atoms with Crippen LogP contribution in [-0.4, -0.2) is 28.7 Å². The molecule has 0 saturated carbocycles. The number of carbonyl (C=O) groups excluding carboxylic acids is 1. The van der Waals surface area contributed by atoms with Gasteiger partial charge in [-0.2, -0.15) is 0 Å². The van der Waals surface area contributed by atoms with E-state index in [9.17, 15) is 9.90 Å². The van der Waals surface area contributed by atoms with E-state index in [1.807, 2.05) is 0 Å². The Morgan fingerprint density at radius 2 is 2.00 bits per heavy atom. The number of halogens is 1. The minimum atomic E-state index is -1.24. The van der Waals surface area contributed by atoms with Crippen molar-refractivity contribution >= 4 is 28.6 Å². The van der Waals surface area contributed by atoms with Gasteiger partial charge in [0, 0.05) is 16.6 Å². The Morgan fingerprint density at radius 1 is 1.33 bits per heavy atom. The average molecular weight is 364 g/mol. The number of rotatable bonds is 6. The van der Waals surface area contributed by atoms with E-state index in [4.69, 9.17) is 9.47 Å². The van der Waals surface area contributed by atoms with Gasteiger partial charge in [-0.3, -0.25) is 0 Å². The highest BCUT2D eigenvalue weighted by Gasteiger charge is 2.43. The van der Waals surface area contributed by atoms with Crippen molar-refractivity contribution in [3.8, 4) is 5.75 Å². The van der Waals surface area contributed by atoms with Crippen molar-refractivity contribution in [1.82, 2.24) is 0 Å². The maximum atomic E-state index is 12.2. The third-order valence-corrected chi connectivity index (χ3v) is 3.60. The van der Waals surface area contributed by atoms with Crippen LogP contribution >= 0.6 is 22.6 Å². The molecule has 0 heterocycles. The molecule has 0 spiro atoms. The molecule has 1 N–H and O–H groups in total. The minimum Gasteiger partial charge on any atom is -0.508 e. The summed E-state index contributed by atoms with van der Waals surface area (Å²) in [6.45, 7) is 4.18. The van der Waals surface area contributed by atoms with Gasteiger partial charge in [0.25, 0.3) is 0 Å². The van der Waals surface area contributed by atoms with E-state index in [2.05, 4.69) is 22.6 Å². The van der Waals surface area contributed by atoms with E-state index in [0.717, 1.165) is 0 Å². The zero-order chi connectivity index (χ0) is 13.6. The number of esters is 1. The van der Waals surface area contributed by atoms with Crippen molar-refractivity contribution < 1.29 is 19.4 Å². The van der Waals surface area contributed by atoms with Crippen LogP contribution in [-0.2, 0) is 19.9 Å². The molecular weight excluding hydrogens is 347 g/mol. The molecule has 1 aromatic rings. The predicted octanol–water partition coefficient (Wildman–Crippen LogP) is 2.62. The number of hydrogen-bond acceptors (Lipinski definition) is 4. The summed E-state index contributed by atoms with van der Waals surface area (Å²) >= 11 is 2.06. The molecule has 1 unspecified atom stereocenters. The molecule has 0 aliphatic rings. The molecule has 100 valence electrons. The molecule has 1 aromatic carbocycles. The summed E-state index contributed by atoms with van der Waals surface area (Å²) in [6.07, 6.45) is 0. The molecule has 5 heteroatoms. The maximum Gasteiger partial charge on any atom is 0.344 e. The van der Waals surface area contributed by atoms with Crippen LogP contribution in [0.5, 0.6) is 5.75 Å². The van der Waals surface area contributed by atoms with Gasteiger partial charge in [0.05, 0.1) is 6.61 Å². The molecule has 0 aromatic heterocycles. The van der Waals surface area contributed by atoms with Gasteiger partial charge in [-0.05, 0) is 19.9 Å². The van der Waals surface area contributed by atoms with E-state index in [1.165, 1.54) is 6.07 Å². The predicted molar refractivity (Wildman–Crippen MR) is 76.9 cm³/mol. The van der Waals surface area contributed by atoms with Gasteiger partial charge >= 0.3 is 5.97 Å². The van der Waals surface area contributed by atoms with Crippen LogP contribution in [0.3, 0.4) is 0 Å². The second-order valence-corrected chi connectivity index (χ2v) is 4.39. The van der Waals surface area contributed by atoms with Crippen LogP contribution < -0.4 is 0 Å². The molecule has 1 atom stereocenters. The van der Waals surface area contributed by atoms with Crippen molar-refractivity contribution in [2.24, 2.45) is 0 Å². The molecule has 0 amide bonds. The molecule has 0 radical (unpaired) electrons. The number of benzene rings is 1. The topological polar surface area (TPSA) is 55.8 Å². The van der Waals surface area contributed by atoms with E-state index in [1.54, 1.807) is 32.0 Å². The minimum absolute atomic E-state index is 0.0377. The summed E-state index contributed by atoms with van der Waals surface area (Å²) in [5.74, 6) is -0.432. The van der Waals surface area contributed by atoms with Gasteiger partial charge in [-0.1, -0.05) is 40.8 Å². The Kier molecular flexibility index (Phi) is 5.87. The lowest BCUT2D eigenvalue weighted by Crippen LogP contribution is -2.42. The number of carbonyl (C=O) groups is 1. The third-order valence-electron chi connectivity index (χ3n) is 2.52. The lowest BCUT2D eigenvalue weighted by Gasteiger charge is -2.30. The quantitative estimate of drug-likeness (QED) is 0.479. The summed E-state index contributed by atoms with van der Waals surface area (Å²) in [7, 11) is 0. The van der Waals surface area contributed by atoms with Crippen LogP contribution in [0.4, 0.5) is 0 Å². The molecule has 18 heavy (non-hydrogen) atoms.